The molecule has 0 aromatic carbocycles. The number of hydrogen-bond donors (Lipinski definition) is 1. The van der Waals surface area contributed by atoms with Gasteiger partial charge in [-0.2, -0.15) is 5.26 Å². The maximum atomic E-state index is 13.0. The van der Waals surface area contributed by atoms with Gasteiger partial charge in [0, 0.05) is 4.88 Å². The predicted octanol–water partition coefficient (Wildman–Crippen LogP) is 3.39. The van der Waals surface area contributed by atoms with Crippen molar-refractivity contribution in [3.63, 3.8) is 0 Å². The molecule has 3 heterocycles. The van der Waals surface area contributed by atoms with Crippen molar-refractivity contribution in [3.8, 4) is 6.07 Å². The molecule has 10 heteroatoms. The summed E-state index contributed by atoms with van der Waals surface area (Å²) in [6.45, 7) is 3.39. The van der Waals surface area contributed by atoms with E-state index in [4.69, 9.17) is 4.74 Å². The number of fused-ring (bicyclic) bond motifs is 2. The van der Waals surface area contributed by atoms with Crippen molar-refractivity contribution >= 4 is 49.8 Å². The van der Waals surface area contributed by atoms with E-state index >= 15 is 0 Å². The zero-order valence-electron chi connectivity index (χ0n) is 17.1. The van der Waals surface area contributed by atoms with E-state index in [1.54, 1.807) is 13.8 Å². The highest BCUT2D eigenvalue weighted by molar-refractivity contribution is 7.20. The van der Waals surface area contributed by atoms with E-state index in [0.29, 0.717) is 31.2 Å². The minimum absolute atomic E-state index is 0.237. The number of aryl methyl sites for hydroxylation is 2. The van der Waals surface area contributed by atoms with Crippen LogP contribution in [0.1, 0.15) is 51.0 Å². The Bertz CT molecular complexity index is 1300. The number of anilines is 1. The lowest BCUT2D eigenvalue weighted by molar-refractivity contribution is -0.116. The summed E-state index contributed by atoms with van der Waals surface area (Å²) in [6.07, 6.45) is 5.21. The third-order valence-corrected chi connectivity index (χ3v) is 7.62. The molecule has 1 N–H and O–H groups in total. The van der Waals surface area contributed by atoms with Crippen LogP contribution in [0, 0.1) is 18.3 Å². The van der Waals surface area contributed by atoms with Crippen LogP contribution in [0.2, 0.25) is 0 Å². The zero-order chi connectivity index (χ0) is 22.1. The highest BCUT2D eigenvalue weighted by Gasteiger charge is 2.23. The number of hydrogen-bond acceptors (Lipinski definition) is 8. The minimum Gasteiger partial charge on any atom is -0.462 e. The summed E-state index contributed by atoms with van der Waals surface area (Å²) in [5, 5.41) is 13.2. The average molecular weight is 457 g/mol. The maximum absolute atomic E-state index is 13.0. The molecule has 0 fully saturated rings. The second-order valence-electron chi connectivity index (χ2n) is 7.21. The van der Waals surface area contributed by atoms with Gasteiger partial charge >= 0.3 is 5.97 Å². The van der Waals surface area contributed by atoms with Crippen LogP contribution in [0.3, 0.4) is 0 Å². The molecule has 1 amide bonds. The number of nitriles is 1. The van der Waals surface area contributed by atoms with E-state index in [2.05, 4.69) is 16.4 Å². The molecule has 3 aromatic heterocycles. The van der Waals surface area contributed by atoms with E-state index in [-0.39, 0.29) is 13.2 Å². The van der Waals surface area contributed by atoms with Crippen LogP contribution in [0.5, 0.6) is 0 Å². The number of aromatic nitrogens is 2. The highest BCUT2D eigenvalue weighted by atomic mass is 32.1. The van der Waals surface area contributed by atoms with E-state index in [1.165, 1.54) is 22.2 Å². The van der Waals surface area contributed by atoms with Gasteiger partial charge in [0.2, 0.25) is 5.91 Å². The van der Waals surface area contributed by atoms with Gasteiger partial charge < -0.3 is 10.1 Å². The number of rotatable bonds is 5. The first-order valence-corrected chi connectivity index (χ1v) is 11.6. The van der Waals surface area contributed by atoms with Crippen LogP contribution in [0.15, 0.2) is 11.1 Å². The summed E-state index contributed by atoms with van der Waals surface area (Å²) >= 11 is 2.54. The molecule has 0 bridgehead atoms. The van der Waals surface area contributed by atoms with E-state index in [0.717, 1.165) is 47.5 Å². The lowest BCUT2D eigenvalue weighted by atomic mass is 9.96. The van der Waals surface area contributed by atoms with Gasteiger partial charge in [-0.05, 0) is 50.7 Å². The molecule has 0 saturated carbocycles. The number of amides is 1. The van der Waals surface area contributed by atoms with Crippen molar-refractivity contribution < 1.29 is 14.3 Å². The average Bonchev–Trinajstić information content (AvgIpc) is 3.27. The number of nitrogens with zero attached hydrogens (tertiary/aromatic N) is 3. The van der Waals surface area contributed by atoms with Crippen molar-refractivity contribution in [3.05, 3.63) is 43.1 Å². The number of carbonyl (C=O) groups is 2. The SMILES string of the molecule is CCOC(=O)c1sc2ncn(CC(=O)Nc3sc4c(c3C#N)CCCC4)c(=O)c2c1C. The Kier molecular flexibility index (Phi) is 5.89. The minimum atomic E-state index is -0.489. The van der Waals surface area contributed by atoms with Crippen LogP contribution < -0.4 is 10.9 Å². The summed E-state index contributed by atoms with van der Waals surface area (Å²) in [6, 6.07) is 2.21. The predicted molar refractivity (Wildman–Crippen MR) is 119 cm³/mol. The molecule has 0 spiro atoms. The molecule has 0 aliphatic heterocycles. The standard InChI is InChI=1S/C21H20N4O4S2/c1-3-29-21(28)17-11(2)16-19(31-17)23-10-25(20(16)27)9-15(26)24-18-13(8-22)12-6-4-5-7-14(12)30-18/h10H,3-7,9H2,1-2H3,(H,24,26). The van der Waals surface area contributed by atoms with E-state index in [1.807, 2.05) is 0 Å². The quantitative estimate of drug-likeness (QED) is 0.589. The maximum Gasteiger partial charge on any atom is 0.348 e. The third-order valence-electron chi connectivity index (χ3n) is 5.23. The second-order valence-corrected chi connectivity index (χ2v) is 9.31. The summed E-state index contributed by atoms with van der Waals surface area (Å²) in [7, 11) is 0. The molecule has 3 aromatic rings. The molecule has 31 heavy (non-hydrogen) atoms. The number of esters is 1. The van der Waals surface area contributed by atoms with Crippen LogP contribution in [-0.4, -0.2) is 28.0 Å². The molecule has 8 nitrogen and oxygen atoms in total. The molecule has 0 radical (unpaired) electrons. The molecular weight excluding hydrogens is 436 g/mol. The van der Waals surface area contributed by atoms with Gasteiger partial charge in [0.1, 0.15) is 27.3 Å². The highest BCUT2D eigenvalue weighted by Crippen LogP contribution is 2.37. The first kappa shape index (κ1) is 21.2. The largest absolute Gasteiger partial charge is 0.462 e. The summed E-state index contributed by atoms with van der Waals surface area (Å²) in [5.41, 5.74) is 1.68. The van der Waals surface area contributed by atoms with Crippen molar-refractivity contribution in [2.24, 2.45) is 0 Å². The Hall–Kier alpha value is -3.03. The number of thiophene rings is 2. The van der Waals surface area contributed by atoms with Gasteiger partial charge in [-0.1, -0.05) is 0 Å². The fraction of sp³-hybridized carbons (Fsp3) is 0.381. The molecule has 0 unspecified atom stereocenters. The molecule has 4 rings (SSSR count). The van der Waals surface area contributed by atoms with Crippen LogP contribution in [0.25, 0.3) is 10.2 Å². The van der Waals surface area contributed by atoms with Crippen LogP contribution in [-0.2, 0) is 28.9 Å². The Morgan fingerprint density at radius 2 is 2.10 bits per heavy atom. The fourth-order valence-corrected chi connectivity index (χ4v) is 6.05. The normalized spacial score (nSPS) is 12.9. The molecule has 0 saturated heterocycles. The van der Waals surface area contributed by atoms with E-state index in [9.17, 15) is 19.6 Å². The Morgan fingerprint density at radius 3 is 2.84 bits per heavy atom. The first-order chi connectivity index (χ1) is 14.9. The van der Waals surface area contributed by atoms with Gasteiger partial charge in [-0.25, -0.2) is 9.78 Å². The molecule has 0 atom stereocenters. The second kappa shape index (κ2) is 8.61. The van der Waals surface area contributed by atoms with Gasteiger partial charge in [-0.15, -0.1) is 22.7 Å². The van der Waals surface area contributed by atoms with Gasteiger partial charge in [0.15, 0.2) is 0 Å². The molecule has 1 aliphatic carbocycles. The van der Waals surface area contributed by atoms with Crippen molar-refractivity contribution in [1.82, 2.24) is 9.55 Å². The first-order valence-electron chi connectivity index (χ1n) is 9.94. The van der Waals surface area contributed by atoms with Crippen molar-refractivity contribution in [1.29, 1.82) is 5.26 Å². The summed E-state index contributed by atoms with van der Waals surface area (Å²) in [5.74, 6) is -0.894. The van der Waals surface area contributed by atoms with Crippen molar-refractivity contribution in [2.75, 3.05) is 11.9 Å². The Morgan fingerprint density at radius 1 is 1.32 bits per heavy atom. The monoisotopic (exact) mass is 456 g/mol. The van der Waals surface area contributed by atoms with Crippen LogP contribution in [0.4, 0.5) is 5.00 Å². The number of nitrogens with one attached hydrogen (secondary N) is 1. The third kappa shape index (κ3) is 3.86. The number of ether oxygens (including phenoxy) is 1. The molecular formula is C21H20N4O4S2. The van der Waals surface area contributed by atoms with Gasteiger partial charge in [0.05, 0.1) is 23.9 Å². The lowest BCUT2D eigenvalue weighted by Gasteiger charge is -2.09. The van der Waals surface area contributed by atoms with Crippen LogP contribution >= 0.6 is 22.7 Å². The Labute approximate surface area is 186 Å². The Balaban J connectivity index is 1.60. The molecule has 1 aliphatic rings. The zero-order valence-corrected chi connectivity index (χ0v) is 18.7. The lowest BCUT2D eigenvalue weighted by Crippen LogP contribution is -2.27. The fourth-order valence-electron chi connectivity index (χ4n) is 3.76. The molecule has 160 valence electrons. The number of carbonyl (C=O) groups excluding carboxylic acids is 2. The topological polar surface area (TPSA) is 114 Å². The summed E-state index contributed by atoms with van der Waals surface area (Å²) < 4.78 is 6.26. The van der Waals surface area contributed by atoms with E-state index < -0.39 is 17.4 Å². The van der Waals surface area contributed by atoms with Gasteiger partial charge in [0.25, 0.3) is 5.56 Å². The smallest absolute Gasteiger partial charge is 0.348 e. The van der Waals surface area contributed by atoms with Gasteiger partial charge in [-0.3, -0.25) is 14.2 Å². The van der Waals surface area contributed by atoms with Crippen molar-refractivity contribution in [2.45, 2.75) is 46.1 Å². The summed E-state index contributed by atoms with van der Waals surface area (Å²) in [4.78, 5) is 43.9.